The van der Waals surface area contributed by atoms with Crippen LogP contribution in [0.2, 0.25) is 0 Å². The third-order valence-electron chi connectivity index (χ3n) is 6.54. The maximum atomic E-state index is 13.2. The van der Waals surface area contributed by atoms with E-state index in [0.717, 1.165) is 25.7 Å². The van der Waals surface area contributed by atoms with E-state index in [9.17, 15) is 23.3 Å². The van der Waals surface area contributed by atoms with Crippen molar-refractivity contribution in [2.24, 2.45) is 5.92 Å². The third-order valence-corrected chi connectivity index (χ3v) is 8.53. The van der Waals surface area contributed by atoms with Gasteiger partial charge in [-0.05, 0) is 18.8 Å². The molecule has 10 nitrogen and oxygen atoms in total. The van der Waals surface area contributed by atoms with E-state index >= 15 is 0 Å². The molecule has 0 radical (unpaired) electrons. The summed E-state index contributed by atoms with van der Waals surface area (Å²) in [5.74, 6) is -0.644. The summed E-state index contributed by atoms with van der Waals surface area (Å²) < 4.78 is 31.2. The number of rotatable bonds is 5. The summed E-state index contributed by atoms with van der Waals surface area (Å²) in [5, 5.41) is 15.3. The Balaban J connectivity index is 1.72. The number of nitriles is 1. The van der Waals surface area contributed by atoms with Crippen molar-refractivity contribution in [3.63, 3.8) is 0 Å². The van der Waals surface area contributed by atoms with E-state index < -0.39 is 33.3 Å². The molecule has 31 heavy (non-hydrogen) atoms. The monoisotopic (exact) mass is 455 g/mol. The highest BCUT2D eigenvalue weighted by atomic mass is 32.2. The summed E-state index contributed by atoms with van der Waals surface area (Å²) in [6, 6.07) is 0.876. The molecule has 2 aliphatic heterocycles. The SMILES string of the molecule is CN1CCC(C#N)(NC(=O)C(CC2CCCCC2)NC(=O)N2CCOCC2)CS1(=O)=O. The molecule has 0 spiro atoms. The van der Waals surface area contributed by atoms with E-state index in [1.165, 1.54) is 17.8 Å². The Hall–Kier alpha value is -1.90. The molecule has 1 saturated carbocycles. The van der Waals surface area contributed by atoms with Crippen LogP contribution >= 0.6 is 0 Å². The first kappa shape index (κ1) is 23.8. The largest absolute Gasteiger partial charge is 0.378 e. The smallest absolute Gasteiger partial charge is 0.318 e. The number of urea groups is 1. The summed E-state index contributed by atoms with van der Waals surface area (Å²) in [4.78, 5) is 27.6. The summed E-state index contributed by atoms with van der Waals surface area (Å²) in [6.07, 6.45) is 6.07. The molecule has 0 aromatic carbocycles. The van der Waals surface area contributed by atoms with Crippen LogP contribution in [0.3, 0.4) is 0 Å². The third kappa shape index (κ3) is 6.08. The second kappa shape index (κ2) is 10.1. The van der Waals surface area contributed by atoms with Crippen molar-refractivity contribution >= 4 is 22.0 Å². The van der Waals surface area contributed by atoms with Gasteiger partial charge in [-0.1, -0.05) is 32.1 Å². The van der Waals surface area contributed by atoms with Gasteiger partial charge in [-0.2, -0.15) is 5.26 Å². The molecule has 0 bridgehead atoms. The summed E-state index contributed by atoms with van der Waals surface area (Å²) >= 11 is 0. The molecule has 2 N–H and O–H groups in total. The fourth-order valence-electron chi connectivity index (χ4n) is 4.51. The highest BCUT2D eigenvalue weighted by Gasteiger charge is 2.44. The van der Waals surface area contributed by atoms with Crippen LogP contribution in [0, 0.1) is 17.2 Å². The summed E-state index contributed by atoms with van der Waals surface area (Å²) in [7, 11) is -2.17. The van der Waals surface area contributed by atoms with Crippen molar-refractivity contribution in [1.29, 1.82) is 5.26 Å². The maximum absolute atomic E-state index is 13.2. The number of hydrogen-bond acceptors (Lipinski definition) is 6. The van der Waals surface area contributed by atoms with Gasteiger partial charge < -0.3 is 20.3 Å². The molecule has 3 aliphatic rings. The Morgan fingerprint density at radius 3 is 2.48 bits per heavy atom. The van der Waals surface area contributed by atoms with Crippen LogP contribution in [-0.4, -0.2) is 86.8 Å². The van der Waals surface area contributed by atoms with Gasteiger partial charge in [-0.15, -0.1) is 0 Å². The first-order valence-electron chi connectivity index (χ1n) is 11.1. The van der Waals surface area contributed by atoms with Crippen molar-refractivity contribution in [2.45, 2.75) is 56.5 Å². The first-order valence-corrected chi connectivity index (χ1v) is 12.7. The zero-order valence-corrected chi connectivity index (χ0v) is 19.0. The van der Waals surface area contributed by atoms with Crippen molar-refractivity contribution < 1.29 is 22.7 Å². The average molecular weight is 456 g/mol. The second-order valence-corrected chi connectivity index (χ2v) is 10.9. The van der Waals surface area contributed by atoms with Crippen molar-refractivity contribution in [1.82, 2.24) is 19.8 Å². The Labute approximate surface area is 184 Å². The quantitative estimate of drug-likeness (QED) is 0.617. The van der Waals surface area contributed by atoms with E-state index in [4.69, 9.17) is 4.74 Å². The van der Waals surface area contributed by atoms with Gasteiger partial charge in [-0.25, -0.2) is 17.5 Å². The number of hydrogen-bond donors (Lipinski definition) is 2. The minimum absolute atomic E-state index is 0.156. The van der Waals surface area contributed by atoms with E-state index in [2.05, 4.69) is 10.6 Å². The summed E-state index contributed by atoms with van der Waals surface area (Å²) in [6.45, 7) is 1.97. The number of nitrogens with one attached hydrogen (secondary N) is 2. The lowest BCUT2D eigenvalue weighted by atomic mass is 9.84. The molecule has 0 aromatic heterocycles. The van der Waals surface area contributed by atoms with Gasteiger partial charge >= 0.3 is 6.03 Å². The molecule has 11 heteroatoms. The molecular formula is C20H33N5O5S. The number of morpholine rings is 1. The number of amides is 3. The highest BCUT2D eigenvalue weighted by Crippen LogP contribution is 2.28. The highest BCUT2D eigenvalue weighted by molar-refractivity contribution is 7.89. The number of ether oxygens (including phenoxy) is 1. The lowest BCUT2D eigenvalue weighted by Crippen LogP contribution is -2.63. The topological polar surface area (TPSA) is 132 Å². The van der Waals surface area contributed by atoms with Gasteiger partial charge in [0.15, 0.2) is 0 Å². The van der Waals surface area contributed by atoms with Gasteiger partial charge in [0, 0.05) is 26.7 Å². The fourth-order valence-corrected chi connectivity index (χ4v) is 6.01. The Bertz CT molecular complexity index is 801. The molecule has 3 rings (SSSR count). The molecule has 3 fully saturated rings. The van der Waals surface area contributed by atoms with Crippen LogP contribution < -0.4 is 10.6 Å². The second-order valence-electron chi connectivity index (χ2n) is 8.85. The average Bonchev–Trinajstić information content (AvgIpc) is 2.77. The van der Waals surface area contributed by atoms with E-state index in [1.807, 2.05) is 6.07 Å². The van der Waals surface area contributed by atoms with E-state index in [-0.39, 0.29) is 19.0 Å². The number of carbonyl (C=O) groups excluding carboxylic acids is 2. The van der Waals surface area contributed by atoms with Crippen molar-refractivity contribution in [3.8, 4) is 6.07 Å². The lowest BCUT2D eigenvalue weighted by Gasteiger charge is -2.37. The lowest BCUT2D eigenvalue weighted by molar-refractivity contribution is -0.124. The molecule has 0 aromatic rings. The number of carbonyl (C=O) groups is 2. The van der Waals surface area contributed by atoms with E-state index in [1.54, 1.807) is 4.90 Å². The van der Waals surface area contributed by atoms with Crippen molar-refractivity contribution in [3.05, 3.63) is 0 Å². The molecule has 174 valence electrons. The maximum Gasteiger partial charge on any atom is 0.318 e. The molecular weight excluding hydrogens is 422 g/mol. The van der Waals surface area contributed by atoms with Gasteiger partial charge in [0.05, 0.1) is 19.3 Å². The van der Waals surface area contributed by atoms with Crippen molar-refractivity contribution in [2.75, 3.05) is 45.6 Å². The number of nitrogens with zero attached hydrogens (tertiary/aromatic N) is 3. The molecule has 2 unspecified atom stereocenters. The molecule has 2 saturated heterocycles. The normalized spacial score (nSPS) is 28.3. The minimum atomic E-state index is -3.63. The van der Waals surface area contributed by atoms with Crippen LogP contribution in [-0.2, 0) is 19.6 Å². The first-order chi connectivity index (χ1) is 14.7. The fraction of sp³-hybridized carbons (Fsp3) is 0.850. The van der Waals surface area contributed by atoms with Crippen LogP contribution in [0.1, 0.15) is 44.9 Å². The summed E-state index contributed by atoms with van der Waals surface area (Å²) in [5.41, 5.74) is -1.49. The minimum Gasteiger partial charge on any atom is -0.378 e. The van der Waals surface area contributed by atoms with Gasteiger partial charge in [0.25, 0.3) is 0 Å². The Morgan fingerprint density at radius 1 is 1.19 bits per heavy atom. The zero-order chi connectivity index (χ0) is 22.5. The molecule has 3 amide bonds. The van der Waals surface area contributed by atoms with Crippen LogP contribution in [0.4, 0.5) is 4.79 Å². The van der Waals surface area contributed by atoms with Gasteiger partial charge in [0.1, 0.15) is 17.3 Å². The Morgan fingerprint density at radius 2 is 1.87 bits per heavy atom. The zero-order valence-electron chi connectivity index (χ0n) is 18.1. The predicted octanol–water partition coefficient (Wildman–Crippen LogP) is 0.411. The molecule has 2 atom stereocenters. The van der Waals surface area contributed by atoms with Crippen LogP contribution in [0.25, 0.3) is 0 Å². The molecule has 1 aliphatic carbocycles. The van der Waals surface area contributed by atoms with E-state index in [0.29, 0.717) is 38.6 Å². The van der Waals surface area contributed by atoms with Gasteiger partial charge in [0.2, 0.25) is 15.9 Å². The van der Waals surface area contributed by atoms with Gasteiger partial charge in [-0.3, -0.25) is 4.79 Å². The molecule has 2 heterocycles. The Kier molecular flexibility index (Phi) is 7.78. The number of sulfonamides is 1. The van der Waals surface area contributed by atoms with Crippen LogP contribution in [0.15, 0.2) is 0 Å². The predicted molar refractivity (Wildman–Crippen MR) is 113 cm³/mol. The van der Waals surface area contributed by atoms with Crippen LogP contribution in [0.5, 0.6) is 0 Å². The standard InChI is InChI=1S/C20H33N5O5S/c1-24-8-7-20(14-21,15-31(24,28)29)23-18(26)17(13-16-5-3-2-4-6-16)22-19(27)25-9-11-30-12-10-25/h16-17H,2-13,15H2,1H3,(H,22,27)(H,23,26).